The van der Waals surface area contributed by atoms with Gasteiger partial charge in [0.2, 0.25) is 0 Å². The minimum Gasteiger partial charge on any atom is -0.496 e. The minimum atomic E-state index is 0.365. The van der Waals surface area contributed by atoms with Crippen LogP contribution in [-0.4, -0.2) is 13.7 Å². The predicted octanol–water partition coefficient (Wildman–Crippen LogP) is 2.07. The molecule has 1 rings (SSSR count). The molecule has 0 heterocycles. The summed E-state index contributed by atoms with van der Waals surface area (Å²) in [5, 5.41) is 11.3. The van der Waals surface area contributed by atoms with E-state index >= 15 is 0 Å². The zero-order valence-electron chi connectivity index (χ0n) is 7.88. The van der Waals surface area contributed by atoms with Gasteiger partial charge in [0.25, 0.3) is 0 Å². The van der Waals surface area contributed by atoms with E-state index in [1.54, 1.807) is 7.11 Å². The Bertz CT molecular complexity index is 346. The Labute approximate surface area is 91.8 Å². The van der Waals surface area contributed by atoms with Gasteiger partial charge in [-0.05, 0) is 33.6 Å². The van der Waals surface area contributed by atoms with Crippen molar-refractivity contribution >= 4 is 15.9 Å². The molecule has 0 aliphatic heterocycles. The second kappa shape index (κ2) is 5.63. The summed E-state index contributed by atoms with van der Waals surface area (Å²) in [6.07, 6.45) is 0. The Morgan fingerprint density at radius 1 is 1.57 bits per heavy atom. The smallest absolute Gasteiger partial charge is 0.133 e. The molecule has 4 heteroatoms. The Hall–Kier alpha value is -1.05. The van der Waals surface area contributed by atoms with Crippen LogP contribution >= 0.6 is 15.9 Å². The molecule has 3 nitrogen and oxygen atoms in total. The second-order valence-electron chi connectivity index (χ2n) is 2.73. The van der Waals surface area contributed by atoms with Crippen molar-refractivity contribution in [3.8, 4) is 11.8 Å². The van der Waals surface area contributed by atoms with E-state index in [0.29, 0.717) is 13.1 Å². The van der Waals surface area contributed by atoms with Crippen molar-refractivity contribution < 1.29 is 4.74 Å². The van der Waals surface area contributed by atoms with Crippen molar-refractivity contribution in [3.63, 3.8) is 0 Å². The van der Waals surface area contributed by atoms with Crippen molar-refractivity contribution in [1.29, 1.82) is 5.26 Å². The molecule has 0 aliphatic rings. The fraction of sp³-hybridized carbons (Fsp3) is 0.300. The molecule has 0 bridgehead atoms. The van der Waals surface area contributed by atoms with Crippen LogP contribution in [0.15, 0.2) is 22.7 Å². The number of hydrogen-bond acceptors (Lipinski definition) is 3. The Balaban J connectivity index is 2.63. The molecule has 1 aromatic carbocycles. The van der Waals surface area contributed by atoms with E-state index in [2.05, 4.69) is 21.2 Å². The third-order valence-corrected chi connectivity index (χ3v) is 2.37. The van der Waals surface area contributed by atoms with Crippen LogP contribution in [-0.2, 0) is 6.54 Å². The first-order chi connectivity index (χ1) is 6.77. The van der Waals surface area contributed by atoms with E-state index in [-0.39, 0.29) is 0 Å². The zero-order chi connectivity index (χ0) is 10.4. The molecule has 0 aromatic heterocycles. The molecule has 0 atom stereocenters. The van der Waals surface area contributed by atoms with Gasteiger partial charge in [0, 0.05) is 6.54 Å². The van der Waals surface area contributed by atoms with Crippen LogP contribution < -0.4 is 10.1 Å². The lowest BCUT2D eigenvalue weighted by molar-refractivity contribution is 0.412. The van der Waals surface area contributed by atoms with Crippen LogP contribution in [0.5, 0.6) is 5.75 Å². The average Bonchev–Trinajstić information content (AvgIpc) is 2.18. The summed E-state index contributed by atoms with van der Waals surface area (Å²) in [7, 11) is 1.63. The lowest BCUT2D eigenvalue weighted by Crippen LogP contribution is -2.12. The number of nitrogens with one attached hydrogen (secondary N) is 1. The average molecular weight is 255 g/mol. The van der Waals surface area contributed by atoms with Gasteiger partial charge < -0.3 is 10.1 Å². The van der Waals surface area contributed by atoms with E-state index in [4.69, 9.17) is 10.00 Å². The number of halogens is 1. The number of hydrogen-bond donors (Lipinski definition) is 1. The van der Waals surface area contributed by atoms with Crippen molar-refractivity contribution in [3.05, 3.63) is 28.2 Å². The molecule has 0 fully saturated rings. The maximum Gasteiger partial charge on any atom is 0.133 e. The summed E-state index contributed by atoms with van der Waals surface area (Å²) >= 11 is 3.40. The number of benzene rings is 1. The van der Waals surface area contributed by atoms with Gasteiger partial charge in [0.05, 0.1) is 24.2 Å². The Morgan fingerprint density at radius 3 is 2.93 bits per heavy atom. The first-order valence-corrected chi connectivity index (χ1v) is 4.97. The number of nitrogens with zero attached hydrogens (tertiary/aromatic N) is 1. The largest absolute Gasteiger partial charge is 0.496 e. The molecule has 0 amide bonds. The van der Waals surface area contributed by atoms with Crippen molar-refractivity contribution in [2.75, 3.05) is 13.7 Å². The maximum atomic E-state index is 8.34. The van der Waals surface area contributed by atoms with Gasteiger partial charge in [0.1, 0.15) is 5.75 Å². The molecule has 1 N–H and O–H groups in total. The summed E-state index contributed by atoms with van der Waals surface area (Å²) in [4.78, 5) is 0. The fourth-order valence-corrected chi connectivity index (χ4v) is 1.67. The molecule has 0 radical (unpaired) electrons. The number of ether oxygens (including phenoxy) is 1. The molecule has 0 spiro atoms. The van der Waals surface area contributed by atoms with Crippen LogP contribution in [0.2, 0.25) is 0 Å². The zero-order valence-corrected chi connectivity index (χ0v) is 9.47. The van der Waals surface area contributed by atoms with Crippen LogP contribution in [0.4, 0.5) is 0 Å². The first-order valence-electron chi connectivity index (χ1n) is 4.18. The summed E-state index contributed by atoms with van der Waals surface area (Å²) in [5.41, 5.74) is 1.12. The van der Waals surface area contributed by atoms with E-state index in [1.165, 1.54) is 0 Å². The minimum absolute atomic E-state index is 0.365. The molecular weight excluding hydrogens is 244 g/mol. The molecule has 0 aliphatic carbocycles. The molecule has 1 aromatic rings. The summed E-state index contributed by atoms with van der Waals surface area (Å²) < 4.78 is 6.03. The fourth-order valence-electron chi connectivity index (χ4n) is 1.08. The summed E-state index contributed by atoms with van der Waals surface area (Å²) in [6, 6.07) is 7.87. The van der Waals surface area contributed by atoms with Gasteiger partial charge in [-0.2, -0.15) is 5.26 Å². The lowest BCUT2D eigenvalue weighted by Gasteiger charge is -2.05. The molecule has 0 saturated heterocycles. The summed E-state index contributed by atoms with van der Waals surface area (Å²) in [6.45, 7) is 1.06. The second-order valence-corrected chi connectivity index (χ2v) is 3.58. The highest BCUT2D eigenvalue weighted by Gasteiger charge is 2.00. The van der Waals surface area contributed by atoms with Crippen LogP contribution in [0, 0.1) is 11.3 Å². The van der Waals surface area contributed by atoms with Crippen LogP contribution in [0.1, 0.15) is 5.56 Å². The topological polar surface area (TPSA) is 45.0 Å². The first kappa shape index (κ1) is 11.0. The van der Waals surface area contributed by atoms with Crippen molar-refractivity contribution in [2.45, 2.75) is 6.54 Å². The van der Waals surface area contributed by atoms with Gasteiger partial charge in [-0.3, -0.25) is 0 Å². The van der Waals surface area contributed by atoms with Gasteiger partial charge >= 0.3 is 0 Å². The van der Waals surface area contributed by atoms with Crippen molar-refractivity contribution in [1.82, 2.24) is 5.32 Å². The normalized spacial score (nSPS) is 9.50. The lowest BCUT2D eigenvalue weighted by atomic mass is 10.2. The van der Waals surface area contributed by atoms with Gasteiger partial charge in [-0.25, -0.2) is 0 Å². The van der Waals surface area contributed by atoms with Crippen LogP contribution in [0.25, 0.3) is 0 Å². The Morgan fingerprint density at radius 2 is 2.36 bits per heavy atom. The summed E-state index contributed by atoms with van der Waals surface area (Å²) in [5.74, 6) is 0.814. The van der Waals surface area contributed by atoms with Gasteiger partial charge in [-0.15, -0.1) is 0 Å². The number of rotatable bonds is 4. The molecule has 0 unspecified atom stereocenters. The SMILES string of the molecule is COc1ccc(CNCC#N)cc1Br. The standard InChI is InChI=1S/C10H11BrN2O/c1-14-10-3-2-8(6-9(10)11)7-13-5-4-12/h2-3,6,13H,5,7H2,1H3. The highest BCUT2D eigenvalue weighted by atomic mass is 79.9. The van der Waals surface area contributed by atoms with Gasteiger partial charge in [0.15, 0.2) is 0 Å². The third-order valence-electron chi connectivity index (χ3n) is 1.75. The molecular formula is C10H11BrN2O. The number of methoxy groups -OCH3 is 1. The third kappa shape index (κ3) is 3.02. The van der Waals surface area contributed by atoms with Crippen molar-refractivity contribution in [2.24, 2.45) is 0 Å². The Kier molecular flexibility index (Phi) is 4.44. The van der Waals surface area contributed by atoms with E-state index in [0.717, 1.165) is 15.8 Å². The monoisotopic (exact) mass is 254 g/mol. The van der Waals surface area contributed by atoms with E-state index in [1.807, 2.05) is 24.3 Å². The highest BCUT2D eigenvalue weighted by molar-refractivity contribution is 9.10. The number of nitriles is 1. The molecule has 14 heavy (non-hydrogen) atoms. The van der Waals surface area contributed by atoms with E-state index < -0.39 is 0 Å². The molecule has 0 saturated carbocycles. The molecule has 74 valence electrons. The van der Waals surface area contributed by atoms with Crippen LogP contribution in [0.3, 0.4) is 0 Å². The van der Waals surface area contributed by atoms with E-state index in [9.17, 15) is 0 Å². The quantitative estimate of drug-likeness (QED) is 0.661. The maximum absolute atomic E-state index is 8.34. The predicted molar refractivity (Wildman–Crippen MR) is 58.0 cm³/mol. The van der Waals surface area contributed by atoms with Gasteiger partial charge in [-0.1, -0.05) is 6.07 Å². The highest BCUT2D eigenvalue weighted by Crippen LogP contribution is 2.25.